The first-order valence-corrected chi connectivity index (χ1v) is 9.99. The zero-order valence-corrected chi connectivity index (χ0v) is 17.3. The van der Waals surface area contributed by atoms with Gasteiger partial charge in [-0.1, -0.05) is 34.6 Å². The van der Waals surface area contributed by atoms with Crippen molar-refractivity contribution in [3.8, 4) is 0 Å². The van der Waals surface area contributed by atoms with Crippen molar-refractivity contribution in [2.24, 2.45) is 5.41 Å². The Hall–Kier alpha value is -1.98. The van der Waals surface area contributed by atoms with E-state index in [9.17, 15) is 9.59 Å². The molecule has 148 valence electrons. The minimum Gasteiger partial charge on any atom is -0.348 e. The van der Waals surface area contributed by atoms with Crippen LogP contribution >= 0.6 is 0 Å². The number of rotatable bonds is 3. The number of fused-ring (bicyclic) bond motifs is 1. The number of carbonyl (C=O) groups is 2. The van der Waals surface area contributed by atoms with E-state index >= 15 is 0 Å². The minimum absolute atomic E-state index is 0.0510. The molecule has 1 aliphatic heterocycles. The Kier molecular flexibility index (Phi) is 5.28. The van der Waals surface area contributed by atoms with Crippen LogP contribution in [0.3, 0.4) is 0 Å². The van der Waals surface area contributed by atoms with Gasteiger partial charge in [-0.15, -0.1) is 0 Å². The molecule has 1 N–H and O–H groups in total. The number of piperidine rings is 1. The van der Waals surface area contributed by atoms with Crippen molar-refractivity contribution in [2.75, 3.05) is 13.1 Å². The summed E-state index contributed by atoms with van der Waals surface area (Å²) in [6.07, 6.45) is 6.06. The van der Waals surface area contributed by atoms with Gasteiger partial charge in [-0.3, -0.25) is 9.59 Å². The third kappa shape index (κ3) is 4.66. The first kappa shape index (κ1) is 19.8. The number of nitrogens with zero attached hydrogens (tertiary/aromatic N) is 3. The summed E-state index contributed by atoms with van der Waals surface area (Å²) in [5.41, 5.74) is 1.99. The van der Waals surface area contributed by atoms with Crippen LogP contribution in [0.1, 0.15) is 83.4 Å². The molecule has 1 atom stereocenters. The highest BCUT2D eigenvalue weighted by Gasteiger charge is 2.35. The van der Waals surface area contributed by atoms with Crippen molar-refractivity contribution >= 4 is 11.8 Å². The Labute approximate surface area is 162 Å². The fourth-order valence-corrected chi connectivity index (χ4v) is 3.98. The molecule has 2 aliphatic rings. The Morgan fingerprint density at radius 3 is 2.74 bits per heavy atom. The smallest absolute Gasteiger partial charge is 0.240 e. The summed E-state index contributed by atoms with van der Waals surface area (Å²) in [4.78, 5) is 35.7. The lowest BCUT2D eigenvalue weighted by Crippen LogP contribution is -2.45. The fraction of sp³-hybridized carbons (Fsp3) is 0.714. The lowest BCUT2D eigenvalue weighted by atomic mass is 9.74. The number of amides is 2. The van der Waals surface area contributed by atoms with Crippen LogP contribution in [0.25, 0.3) is 0 Å². The van der Waals surface area contributed by atoms with E-state index in [0.717, 1.165) is 42.8 Å². The molecule has 0 saturated carbocycles. The third-order valence-corrected chi connectivity index (χ3v) is 5.44. The average molecular weight is 373 g/mol. The van der Waals surface area contributed by atoms with Gasteiger partial charge in [-0.05, 0) is 31.1 Å². The highest BCUT2D eigenvalue weighted by atomic mass is 16.2. The van der Waals surface area contributed by atoms with Crippen molar-refractivity contribution in [3.05, 3.63) is 23.3 Å². The van der Waals surface area contributed by atoms with E-state index in [0.29, 0.717) is 13.0 Å². The molecule has 3 rings (SSSR count). The maximum atomic E-state index is 12.6. The lowest BCUT2D eigenvalue weighted by Gasteiger charge is -2.37. The molecule has 0 radical (unpaired) electrons. The second-order valence-electron chi connectivity index (χ2n) is 9.78. The maximum Gasteiger partial charge on any atom is 0.240 e. The molecule has 2 heterocycles. The van der Waals surface area contributed by atoms with E-state index in [-0.39, 0.29) is 35.2 Å². The van der Waals surface area contributed by atoms with Gasteiger partial charge in [0.1, 0.15) is 5.82 Å². The predicted molar refractivity (Wildman–Crippen MR) is 104 cm³/mol. The standard InChI is InChI=1S/C21H32N4O2/c1-20(2,3)19-22-12-14-15(10-21(4,5)11-16(14)24-19)23-17(26)13-25-9-7-6-8-18(25)27/h12,15H,6-11,13H2,1-5H3,(H,23,26). The first-order chi connectivity index (χ1) is 12.5. The maximum absolute atomic E-state index is 12.6. The Morgan fingerprint density at radius 2 is 2.07 bits per heavy atom. The zero-order valence-electron chi connectivity index (χ0n) is 17.3. The Balaban J connectivity index is 1.77. The normalized spacial score (nSPS) is 22.3. The molecular formula is C21H32N4O2. The van der Waals surface area contributed by atoms with Crippen LogP contribution in [0.4, 0.5) is 0 Å². The average Bonchev–Trinajstić information content (AvgIpc) is 2.54. The quantitative estimate of drug-likeness (QED) is 0.885. The summed E-state index contributed by atoms with van der Waals surface area (Å²) in [6.45, 7) is 11.6. The fourth-order valence-electron chi connectivity index (χ4n) is 3.98. The molecule has 1 aromatic rings. The molecule has 2 amide bonds. The SMILES string of the molecule is CC1(C)Cc2nc(C(C)(C)C)ncc2C(NC(=O)CN2CCCCC2=O)C1. The van der Waals surface area contributed by atoms with Gasteiger partial charge in [0.15, 0.2) is 0 Å². The topological polar surface area (TPSA) is 75.2 Å². The number of nitrogens with one attached hydrogen (secondary N) is 1. The van der Waals surface area contributed by atoms with E-state index in [1.807, 2.05) is 6.20 Å². The van der Waals surface area contributed by atoms with E-state index < -0.39 is 0 Å². The monoisotopic (exact) mass is 372 g/mol. The number of carbonyl (C=O) groups excluding carboxylic acids is 2. The second kappa shape index (κ2) is 7.21. The molecule has 1 saturated heterocycles. The molecular weight excluding hydrogens is 340 g/mol. The van der Waals surface area contributed by atoms with E-state index in [1.54, 1.807) is 4.90 Å². The molecule has 0 bridgehead atoms. The van der Waals surface area contributed by atoms with Gasteiger partial charge in [0.05, 0.1) is 12.6 Å². The molecule has 6 heteroatoms. The van der Waals surface area contributed by atoms with Crippen LogP contribution in [-0.4, -0.2) is 39.8 Å². The predicted octanol–water partition coefficient (Wildman–Crippen LogP) is 2.92. The van der Waals surface area contributed by atoms with Gasteiger partial charge in [0.2, 0.25) is 11.8 Å². The van der Waals surface area contributed by atoms with E-state index in [1.165, 1.54) is 0 Å². The van der Waals surface area contributed by atoms with Crippen LogP contribution in [0.2, 0.25) is 0 Å². The molecule has 6 nitrogen and oxygen atoms in total. The summed E-state index contributed by atoms with van der Waals surface area (Å²) in [7, 11) is 0. The van der Waals surface area contributed by atoms with Crippen molar-refractivity contribution in [2.45, 2.75) is 78.2 Å². The van der Waals surface area contributed by atoms with Gasteiger partial charge in [0, 0.05) is 35.8 Å². The first-order valence-electron chi connectivity index (χ1n) is 9.99. The largest absolute Gasteiger partial charge is 0.348 e. The van der Waals surface area contributed by atoms with Crippen LogP contribution in [0, 0.1) is 5.41 Å². The van der Waals surface area contributed by atoms with Crippen molar-refractivity contribution in [1.82, 2.24) is 20.2 Å². The molecule has 1 aromatic heterocycles. The Morgan fingerprint density at radius 1 is 1.33 bits per heavy atom. The van der Waals surface area contributed by atoms with Crippen molar-refractivity contribution < 1.29 is 9.59 Å². The van der Waals surface area contributed by atoms with Gasteiger partial charge in [0.25, 0.3) is 0 Å². The summed E-state index contributed by atoms with van der Waals surface area (Å²) in [6, 6.07) is -0.106. The van der Waals surface area contributed by atoms with Crippen LogP contribution in [-0.2, 0) is 21.4 Å². The lowest BCUT2D eigenvalue weighted by molar-refractivity contribution is -0.138. The van der Waals surface area contributed by atoms with Crippen LogP contribution in [0.15, 0.2) is 6.20 Å². The van der Waals surface area contributed by atoms with Gasteiger partial charge in [-0.2, -0.15) is 0 Å². The molecule has 0 aromatic carbocycles. The molecule has 1 unspecified atom stereocenters. The summed E-state index contributed by atoms with van der Waals surface area (Å²) >= 11 is 0. The summed E-state index contributed by atoms with van der Waals surface area (Å²) in [5, 5.41) is 3.14. The van der Waals surface area contributed by atoms with Crippen molar-refractivity contribution in [1.29, 1.82) is 0 Å². The zero-order chi connectivity index (χ0) is 19.8. The van der Waals surface area contributed by atoms with Crippen LogP contribution in [0.5, 0.6) is 0 Å². The number of likely N-dealkylation sites (tertiary alicyclic amines) is 1. The molecule has 27 heavy (non-hydrogen) atoms. The van der Waals surface area contributed by atoms with Gasteiger partial charge < -0.3 is 10.2 Å². The molecule has 1 aliphatic carbocycles. The molecule has 0 spiro atoms. The highest BCUT2D eigenvalue weighted by Crippen LogP contribution is 2.40. The number of hydrogen-bond donors (Lipinski definition) is 1. The number of hydrogen-bond acceptors (Lipinski definition) is 4. The minimum atomic E-state index is -0.107. The van der Waals surface area contributed by atoms with Gasteiger partial charge >= 0.3 is 0 Å². The van der Waals surface area contributed by atoms with Gasteiger partial charge in [-0.25, -0.2) is 9.97 Å². The second-order valence-corrected chi connectivity index (χ2v) is 9.78. The van der Waals surface area contributed by atoms with E-state index in [4.69, 9.17) is 4.98 Å². The van der Waals surface area contributed by atoms with Crippen LogP contribution < -0.4 is 5.32 Å². The highest BCUT2D eigenvalue weighted by molar-refractivity contribution is 5.85. The summed E-state index contributed by atoms with van der Waals surface area (Å²) < 4.78 is 0. The Bertz CT molecular complexity index is 736. The van der Waals surface area contributed by atoms with E-state index in [2.05, 4.69) is 44.9 Å². The van der Waals surface area contributed by atoms with Crippen molar-refractivity contribution in [3.63, 3.8) is 0 Å². The number of aromatic nitrogens is 2. The third-order valence-electron chi connectivity index (χ3n) is 5.44. The molecule has 1 fully saturated rings. The summed E-state index contributed by atoms with van der Waals surface area (Å²) in [5.74, 6) is 0.820.